The van der Waals surface area contributed by atoms with Crippen molar-refractivity contribution in [2.45, 2.75) is 29.4 Å². The van der Waals surface area contributed by atoms with Crippen LogP contribution in [0.2, 0.25) is 0 Å². The highest BCUT2D eigenvalue weighted by atomic mass is 79.9. The van der Waals surface area contributed by atoms with Gasteiger partial charge in [-0.2, -0.15) is 5.10 Å². The first-order valence-electron chi connectivity index (χ1n) is 5.22. The summed E-state index contributed by atoms with van der Waals surface area (Å²) >= 11 is 5.10. The molecule has 0 bridgehead atoms. The molecule has 0 amide bonds. The van der Waals surface area contributed by atoms with E-state index in [2.05, 4.69) is 49.3 Å². The van der Waals surface area contributed by atoms with Crippen LogP contribution >= 0.6 is 27.7 Å². The van der Waals surface area contributed by atoms with E-state index >= 15 is 0 Å². The fourth-order valence-corrected chi connectivity index (χ4v) is 2.84. The first-order chi connectivity index (χ1) is 8.15. The molecule has 1 unspecified atom stereocenters. The highest BCUT2D eigenvalue weighted by Gasteiger charge is 2.06. The minimum absolute atomic E-state index is 0.176. The van der Waals surface area contributed by atoms with Gasteiger partial charge in [-0.05, 0) is 58.7 Å². The lowest BCUT2D eigenvalue weighted by atomic mass is 10.1. The van der Waals surface area contributed by atoms with E-state index in [-0.39, 0.29) is 6.04 Å². The fourth-order valence-electron chi connectivity index (χ4n) is 1.47. The zero-order valence-electron chi connectivity index (χ0n) is 9.35. The van der Waals surface area contributed by atoms with Crippen molar-refractivity contribution >= 4 is 27.7 Å². The number of nitrogens with one attached hydrogen (secondary N) is 1. The maximum absolute atomic E-state index is 5.78. The summed E-state index contributed by atoms with van der Waals surface area (Å²) in [5.74, 6) is 0. The van der Waals surface area contributed by atoms with Gasteiger partial charge in [0.25, 0.3) is 0 Å². The van der Waals surface area contributed by atoms with Crippen molar-refractivity contribution in [1.29, 1.82) is 0 Å². The lowest BCUT2D eigenvalue weighted by Crippen LogP contribution is -2.17. The van der Waals surface area contributed by atoms with Gasteiger partial charge in [-0.15, -0.1) is 0 Å². The Morgan fingerprint density at radius 3 is 2.94 bits per heavy atom. The normalized spacial score (nSPS) is 12.6. The van der Waals surface area contributed by atoms with Crippen LogP contribution in [0.4, 0.5) is 0 Å². The van der Waals surface area contributed by atoms with Crippen molar-refractivity contribution in [2.75, 3.05) is 0 Å². The van der Waals surface area contributed by atoms with E-state index in [4.69, 9.17) is 5.73 Å². The van der Waals surface area contributed by atoms with Crippen LogP contribution in [0.15, 0.2) is 39.1 Å². The molecule has 3 N–H and O–H groups in total. The molecule has 17 heavy (non-hydrogen) atoms. The molecule has 90 valence electrons. The van der Waals surface area contributed by atoms with Gasteiger partial charge in [0.15, 0.2) is 5.16 Å². The molecule has 0 radical (unpaired) electrons. The number of hydrogen-bond donors (Lipinski definition) is 2. The van der Waals surface area contributed by atoms with Crippen LogP contribution in [-0.4, -0.2) is 21.2 Å². The van der Waals surface area contributed by atoms with Crippen molar-refractivity contribution in [2.24, 2.45) is 5.73 Å². The lowest BCUT2D eigenvalue weighted by molar-refractivity contribution is 0.737. The van der Waals surface area contributed by atoms with Crippen LogP contribution in [0, 0.1) is 0 Å². The molecule has 0 spiro atoms. The predicted octanol–water partition coefficient (Wildman–Crippen LogP) is 2.61. The van der Waals surface area contributed by atoms with Gasteiger partial charge in [-0.1, -0.05) is 6.07 Å². The number of nitrogens with two attached hydrogens (primary N) is 1. The third-order valence-corrected chi connectivity index (χ3v) is 4.04. The number of aromatic amines is 1. The predicted molar refractivity (Wildman–Crippen MR) is 72.0 cm³/mol. The molecule has 0 saturated carbocycles. The van der Waals surface area contributed by atoms with Gasteiger partial charge in [-0.25, -0.2) is 4.98 Å². The molecule has 4 nitrogen and oxygen atoms in total. The van der Waals surface area contributed by atoms with Crippen LogP contribution in [0.5, 0.6) is 0 Å². The molecule has 0 fully saturated rings. The van der Waals surface area contributed by atoms with Gasteiger partial charge in [0, 0.05) is 15.4 Å². The number of benzene rings is 1. The quantitative estimate of drug-likeness (QED) is 0.910. The third kappa shape index (κ3) is 3.55. The Morgan fingerprint density at radius 1 is 1.53 bits per heavy atom. The Labute approximate surface area is 113 Å². The molecule has 2 rings (SSSR count). The highest BCUT2D eigenvalue weighted by molar-refractivity contribution is 9.10. The van der Waals surface area contributed by atoms with E-state index in [9.17, 15) is 0 Å². The summed E-state index contributed by atoms with van der Waals surface area (Å²) in [6.07, 6.45) is 2.38. The zero-order chi connectivity index (χ0) is 12.3. The molecule has 1 atom stereocenters. The van der Waals surface area contributed by atoms with Crippen LogP contribution in [0.1, 0.15) is 12.5 Å². The van der Waals surface area contributed by atoms with Gasteiger partial charge in [-0.3, -0.25) is 5.10 Å². The number of hydrogen-bond acceptors (Lipinski definition) is 4. The molecule has 0 aliphatic carbocycles. The van der Waals surface area contributed by atoms with Crippen LogP contribution in [0.25, 0.3) is 0 Å². The molecule has 2 aromatic rings. The van der Waals surface area contributed by atoms with E-state index in [0.717, 1.165) is 20.9 Å². The van der Waals surface area contributed by atoms with E-state index < -0.39 is 0 Å². The smallest absolute Gasteiger partial charge is 0.188 e. The summed E-state index contributed by atoms with van der Waals surface area (Å²) in [7, 11) is 0. The van der Waals surface area contributed by atoms with Crippen LogP contribution in [0.3, 0.4) is 0 Å². The lowest BCUT2D eigenvalue weighted by Gasteiger charge is -2.08. The van der Waals surface area contributed by atoms with Gasteiger partial charge < -0.3 is 5.73 Å². The van der Waals surface area contributed by atoms with Crippen molar-refractivity contribution in [1.82, 2.24) is 15.2 Å². The van der Waals surface area contributed by atoms with Gasteiger partial charge in [0.2, 0.25) is 0 Å². The molecular weight excluding hydrogens is 300 g/mol. The Kier molecular flexibility index (Phi) is 4.20. The SMILES string of the molecule is CC(N)Cc1ccc(Sc2ncn[nH]2)c(Br)c1. The molecule has 0 saturated heterocycles. The van der Waals surface area contributed by atoms with E-state index in [1.807, 2.05) is 6.92 Å². The molecule has 1 heterocycles. The Bertz CT molecular complexity index is 484. The minimum Gasteiger partial charge on any atom is -0.328 e. The van der Waals surface area contributed by atoms with E-state index in [1.165, 1.54) is 11.9 Å². The van der Waals surface area contributed by atoms with Gasteiger partial charge >= 0.3 is 0 Å². The first-order valence-corrected chi connectivity index (χ1v) is 6.83. The Hall–Kier alpha value is -0.850. The second-order valence-electron chi connectivity index (χ2n) is 3.84. The monoisotopic (exact) mass is 312 g/mol. The summed E-state index contributed by atoms with van der Waals surface area (Å²) in [6.45, 7) is 2.01. The van der Waals surface area contributed by atoms with Crippen molar-refractivity contribution in [3.8, 4) is 0 Å². The summed E-state index contributed by atoms with van der Waals surface area (Å²) in [5.41, 5.74) is 7.01. The second kappa shape index (κ2) is 5.66. The number of nitrogens with zero attached hydrogens (tertiary/aromatic N) is 2. The molecule has 6 heteroatoms. The maximum atomic E-state index is 5.78. The topological polar surface area (TPSA) is 67.6 Å². The van der Waals surface area contributed by atoms with Crippen molar-refractivity contribution in [3.63, 3.8) is 0 Å². The first kappa shape index (κ1) is 12.6. The summed E-state index contributed by atoms with van der Waals surface area (Å²) in [5, 5.41) is 7.42. The summed E-state index contributed by atoms with van der Waals surface area (Å²) in [6, 6.07) is 6.43. The van der Waals surface area contributed by atoms with E-state index in [0.29, 0.717) is 0 Å². The largest absolute Gasteiger partial charge is 0.328 e. The maximum Gasteiger partial charge on any atom is 0.188 e. The number of H-pyrrole nitrogens is 1. The van der Waals surface area contributed by atoms with Crippen molar-refractivity contribution in [3.05, 3.63) is 34.6 Å². The molecule has 1 aromatic heterocycles. The highest BCUT2D eigenvalue weighted by Crippen LogP contribution is 2.32. The number of aromatic nitrogens is 3. The molecular formula is C11H13BrN4S. The van der Waals surface area contributed by atoms with E-state index in [1.54, 1.807) is 11.8 Å². The average Bonchev–Trinajstić information content (AvgIpc) is 2.74. The second-order valence-corrected chi connectivity index (χ2v) is 5.72. The number of rotatable bonds is 4. The van der Waals surface area contributed by atoms with Crippen LogP contribution in [-0.2, 0) is 6.42 Å². The summed E-state index contributed by atoms with van der Waals surface area (Å²) in [4.78, 5) is 5.19. The Balaban J connectivity index is 2.14. The third-order valence-electron chi connectivity index (χ3n) is 2.15. The van der Waals surface area contributed by atoms with Gasteiger partial charge in [0.05, 0.1) is 0 Å². The summed E-state index contributed by atoms with van der Waals surface area (Å²) < 4.78 is 1.05. The molecule has 0 aliphatic rings. The standard InChI is InChI=1S/C11H13BrN4S/c1-7(13)4-8-2-3-10(9(12)5-8)17-11-14-6-15-16-11/h2-3,5-7H,4,13H2,1H3,(H,14,15,16). The zero-order valence-corrected chi connectivity index (χ0v) is 11.8. The average molecular weight is 313 g/mol. The molecule has 1 aromatic carbocycles. The van der Waals surface area contributed by atoms with Crippen LogP contribution < -0.4 is 5.73 Å². The fraction of sp³-hybridized carbons (Fsp3) is 0.273. The molecule has 0 aliphatic heterocycles. The van der Waals surface area contributed by atoms with Crippen molar-refractivity contribution < 1.29 is 0 Å². The minimum atomic E-state index is 0.176. The Morgan fingerprint density at radius 2 is 2.35 bits per heavy atom. The number of halogens is 1. The van der Waals surface area contributed by atoms with Gasteiger partial charge in [0.1, 0.15) is 6.33 Å².